The van der Waals surface area contributed by atoms with Crippen molar-refractivity contribution in [1.29, 1.82) is 0 Å². The van der Waals surface area contributed by atoms with Crippen LogP contribution in [-0.4, -0.2) is 28.3 Å². The lowest BCUT2D eigenvalue weighted by Gasteiger charge is -2.21. The first-order chi connectivity index (χ1) is 10.6. The van der Waals surface area contributed by atoms with Crippen molar-refractivity contribution in [3.63, 3.8) is 0 Å². The molecular formula is C16H22ClN5. The number of nitrogens with one attached hydrogen (secondary N) is 1. The molecule has 0 saturated heterocycles. The van der Waals surface area contributed by atoms with Gasteiger partial charge in [-0.2, -0.15) is 10.1 Å². The fourth-order valence-corrected chi connectivity index (χ4v) is 2.47. The first kappa shape index (κ1) is 16.5. The number of aryl methyl sites for hydroxylation is 1. The van der Waals surface area contributed by atoms with Crippen LogP contribution in [0.2, 0.25) is 5.02 Å². The smallest absolute Gasteiger partial charge is 0.247 e. The van der Waals surface area contributed by atoms with Crippen molar-refractivity contribution in [2.75, 3.05) is 23.3 Å². The summed E-state index contributed by atoms with van der Waals surface area (Å²) in [6.07, 6.45) is 3.74. The maximum absolute atomic E-state index is 5.98. The van der Waals surface area contributed by atoms with E-state index in [9.17, 15) is 0 Å². The SMILES string of the molecule is CCCN(CCC)c1nncc(Nc2ccc(Cl)cc2C)n1. The molecule has 2 aromatic rings. The van der Waals surface area contributed by atoms with Gasteiger partial charge in [-0.3, -0.25) is 0 Å². The second kappa shape index (κ2) is 7.94. The quantitative estimate of drug-likeness (QED) is 0.828. The van der Waals surface area contributed by atoms with Gasteiger partial charge in [0.15, 0.2) is 5.82 Å². The van der Waals surface area contributed by atoms with Crippen molar-refractivity contribution < 1.29 is 0 Å². The molecule has 0 aliphatic rings. The summed E-state index contributed by atoms with van der Waals surface area (Å²) in [6, 6.07) is 5.71. The van der Waals surface area contributed by atoms with E-state index in [4.69, 9.17) is 11.6 Å². The molecule has 118 valence electrons. The van der Waals surface area contributed by atoms with Gasteiger partial charge in [0.05, 0.1) is 6.20 Å². The summed E-state index contributed by atoms with van der Waals surface area (Å²) in [4.78, 5) is 6.74. The normalized spacial score (nSPS) is 10.5. The van der Waals surface area contributed by atoms with E-state index in [2.05, 4.69) is 39.2 Å². The predicted octanol–water partition coefficient (Wildman–Crippen LogP) is 4.20. The fraction of sp³-hybridized carbons (Fsp3) is 0.438. The minimum atomic E-state index is 0.667. The van der Waals surface area contributed by atoms with Crippen LogP contribution in [0.25, 0.3) is 0 Å². The van der Waals surface area contributed by atoms with E-state index in [0.29, 0.717) is 11.8 Å². The summed E-state index contributed by atoms with van der Waals surface area (Å²) in [5.74, 6) is 1.35. The van der Waals surface area contributed by atoms with Gasteiger partial charge in [0.1, 0.15) is 0 Å². The molecule has 0 radical (unpaired) electrons. The largest absolute Gasteiger partial charge is 0.339 e. The molecular weight excluding hydrogens is 298 g/mol. The van der Waals surface area contributed by atoms with Gasteiger partial charge in [0, 0.05) is 23.8 Å². The Hall–Kier alpha value is -1.88. The molecule has 5 nitrogen and oxygen atoms in total. The third kappa shape index (κ3) is 4.31. The van der Waals surface area contributed by atoms with Crippen LogP contribution in [0.5, 0.6) is 0 Å². The van der Waals surface area contributed by atoms with Crippen LogP contribution in [0.4, 0.5) is 17.5 Å². The van der Waals surface area contributed by atoms with Gasteiger partial charge in [-0.1, -0.05) is 25.4 Å². The summed E-state index contributed by atoms with van der Waals surface area (Å²) in [5, 5.41) is 12.2. The molecule has 0 unspecified atom stereocenters. The zero-order valence-corrected chi connectivity index (χ0v) is 14.1. The van der Waals surface area contributed by atoms with Gasteiger partial charge in [-0.25, -0.2) is 0 Å². The van der Waals surface area contributed by atoms with Crippen LogP contribution >= 0.6 is 11.6 Å². The lowest BCUT2D eigenvalue weighted by Crippen LogP contribution is -2.27. The molecule has 0 saturated carbocycles. The Morgan fingerprint density at radius 1 is 1.18 bits per heavy atom. The molecule has 0 spiro atoms. The van der Waals surface area contributed by atoms with Crippen LogP contribution < -0.4 is 10.2 Å². The summed E-state index contributed by atoms with van der Waals surface area (Å²) < 4.78 is 0. The van der Waals surface area contributed by atoms with Crippen molar-refractivity contribution in [1.82, 2.24) is 15.2 Å². The highest BCUT2D eigenvalue weighted by molar-refractivity contribution is 6.30. The number of rotatable bonds is 7. The Morgan fingerprint density at radius 3 is 2.55 bits per heavy atom. The maximum atomic E-state index is 5.98. The minimum absolute atomic E-state index is 0.667. The van der Waals surface area contributed by atoms with E-state index in [1.807, 2.05) is 25.1 Å². The van der Waals surface area contributed by atoms with E-state index in [-0.39, 0.29) is 0 Å². The number of nitrogens with zero attached hydrogens (tertiary/aromatic N) is 4. The molecule has 22 heavy (non-hydrogen) atoms. The highest BCUT2D eigenvalue weighted by Crippen LogP contribution is 2.23. The third-order valence-electron chi connectivity index (χ3n) is 3.27. The zero-order valence-electron chi connectivity index (χ0n) is 13.3. The molecule has 0 atom stereocenters. The van der Waals surface area contributed by atoms with Crippen molar-refractivity contribution in [2.24, 2.45) is 0 Å². The number of hydrogen-bond donors (Lipinski definition) is 1. The van der Waals surface area contributed by atoms with E-state index in [1.54, 1.807) is 6.20 Å². The summed E-state index contributed by atoms with van der Waals surface area (Å²) in [7, 11) is 0. The van der Waals surface area contributed by atoms with Crippen molar-refractivity contribution in [3.05, 3.63) is 35.0 Å². The summed E-state index contributed by atoms with van der Waals surface area (Å²) in [5.41, 5.74) is 2.03. The van der Waals surface area contributed by atoms with E-state index in [0.717, 1.165) is 42.2 Å². The van der Waals surface area contributed by atoms with Crippen LogP contribution in [0.15, 0.2) is 24.4 Å². The number of anilines is 3. The standard InChI is InChI=1S/C16H22ClN5/c1-4-8-22(9-5-2)16-20-15(11-18-21-16)19-14-7-6-13(17)10-12(14)3/h6-7,10-11H,4-5,8-9H2,1-3H3,(H,19,20,21). The van der Waals surface area contributed by atoms with Crippen molar-refractivity contribution >= 4 is 29.1 Å². The topological polar surface area (TPSA) is 53.9 Å². The first-order valence-corrected chi connectivity index (χ1v) is 7.99. The Morgan fingerprint density at radius 2 is 1.91 bits per heavy atom. The van der Waals surface area contributed by atoms with Crippen molar-refractivity contribution in [3.8, 4) is 0 Å². The van der Waals surface area contributed by atoms with Gasteiger partial charge < -0.3 is 10.2 Å². The highest BCUT2D eigenvalue weighted by atomic mass is 35.5. The van der Waals surface area contributed by atoms with Gasteiger partial charge in [-0.15, -0.1) is 5.10 Å². The molecule has 1 N–H and O–H groups in total. The average Bonchev–Trinajstić information content (AvgIpc) is 2.50. The Balaban J connectivity index is 2.20. The molecule has 1 aromatic heterocycles. The lowest BCUT2D eigenvalue weighted by molar-refractivity contribution is 0.711. The molecule has 6 heteroatoms. The molecule has 0 aliphatic heterocycles. The van der Waals surface area contributed by atoms with Gasteiger partial charge >= 0.3 is 0 Å². The number of hydrogen-bond acceptors (Lipinski definition) is 5. The number of aromatic nitrogens is 3. The molecule has 0 fully saturated rings. The maximum Gasteiger partial charge on any atom is 0.247 e. The van der Waals surface area contributed by atoms with E-state index in [1.165, 1.54) is 0 Å². The molecule has 0 aliphatic carbocycles. The summed E-state index contributed by atoms with van der Waals surface area (Å²) >= 11 is 5.98. The number of benzene rings is 1. The molecule has 1 heterocycles. The van der Waals surface area contributed by atoms with Gasteiger partial charge in [-0.05, 0) is 43.5 Å². The van der Waals surface area contributed by atoms with Crippen molar-refractivity contribution in [2.45, 2.75) is 33.6 Å². The molecule has 2 rings (SSSR count). The lowest BCUT2D eigenvalue weighted by atomic mass is 10.2. The second-order valence-corrected chi connectivity index (χ2v) is 5.65. The van der Waals surface area contributed by atoms with Crippen LogP contribution in [0.1, 0.15) is 32.3 Å². The predicted molar refractivity (Wildman–Crippen MR) is 92.1 cm³/mol. The third-order valence-corrected chi connectivity index (χ3v) is 3.50. The van der Waals surface area contributed by atoms with E-state index < -0.39 is 0 Å². The van der Waals surface area contributed by atoms with Crippen LogP contribution in [-0.2, 0) is 0 Å². The molecule has 0 amide bonds. The fourth-order valence-electron chi connectivity index (χ4n) is 2.25. The Labute approximate surface area is 136 Å². The Bertz CT molecular complexity index is 611. The van der Waals surface area contributed by atoms with E-state index >= 15 is 0 Å². The highest BCUT2D eigenvalue weighted by Gasteiger charge is 2.10. The number of halogens is 1. The van der Waals surface area contributed by atoms with Crippen LogP contribution in [0, 0.1) is 6.92 Å². The van der Waals surface area contributed by atoms with Gasteiger partial charge in [0.25, 0.3) is 0 Å². The molecule has 1 aromatic carbocycles. The van der Waals surface area contributed by atoms with Gasteiger partial charge in [0.2, 0.25) is 5.95 Å². The minimum Gasteiger partial charge on any atom is -0.339 e. The monoisotopic (exact) mass is 319 g/mol. The second-order valence-electron chi connectivity index (χ2n) is 5.21. The first-order valence-electron chi connectivity index (χ1n) is 7.61. The summed E-state index contributed by atoms with van der Waals surface area (Å²) in [6.45, 7) is 8.16. The zero-order chi connectivity index (χ0) is 15.9. The Kier molecular flexibility index (Phi) is 5.95. The average molecular weight is 320 g/mol. The van der Waals surface area contributed by atoms with Crippen LogP contribution in [0.3, 0.4) is 0 Å². The molecule has 0 bridgehead atoms.